The van der Waals surface area contributed by atoms with E-state index < -0.39 is 0 Å². The number of fused-ring (bicyclic) bond motifs is 22. The van der Waals surface area contributed by atoms with Crippen molar-refractivity contribution in [1.29, 1.82) is 0 Å². The van der Waals surface area contributed by atoms with Gasteiger partial charge in [-0.2, -0.15) is 0 Å². The fourth-order valence-electron chi connectivity index (χ4n) is 23.2. The van der Waals surface area contributed by atoms with E-state index in [9.17, 15) is 0 Å². The third-order valence-corrected chi connectivity index (χ3v) is 29.9. The molecule has 0 aliphatic carbocycles. The Morgan fingerprint density at radius 3 is 0.774 bits per heavy atom. The lowest BCUT2D eigenvalue weighted by atomic mass is 9.34. The fraction of sp³-hybridized carbons (Fsp3) is 0. The summed E-state index contributed by atoms with van der Waals surface area (Å²) in [6, 6.07) is 174. The van der Waals surface area contributed by atoms with Crippen molar-refractivity contribution in [3.63, 3.8) is 0 Å². The second kappa shape index (κ2) is 34.5. The molecule has 0 saturated heterocycles. The summed E-state index contributed by atoms with van der Waals surface area (Å²) in [5.74, 6) is 14.1. The average Bonchev–Trinajstić information content (AvgIpc) is 1.02. The van der Waals surface area contributed by atoms with Gasteiger partial charge in [0.1, 0.15) is 92.0 Å². The molecule has 8 aliphatic heterocycles. The smallest absolute Gasteiger partial charge is 0.260 e. The van der Waals surface area contributed by atoms with Gasteiger partial charge in [-0.15, -0.1) is 0 Å². The summed E-state index contributed by atoms with van der Waals surface area (Å²) in [7, 11) is 0. The summed E-state index contributed by atoms with van der Waals surface area (Å²) in [5.41, 5.74) is 34.7. The van der Waals surface area contributed by atoms with Gasteiger partial charge in [-0.05, 0) is 262 Å². The first kappa shape index (κ1) is 84.0. The molecule has 146 heavy (non-hydrogen) atoms. The minimum atomic E-state index is 0.0519. The standard InChI is InChI=1S/2C36H22BNO2.2C30H19BO2/c1-2-10-25(11-3-1)38-30-15-7-4-12-26(30)27-20-23(18-19-31(27)38)24-21-34-36-35(22-24)40-33-17-9-6-14-29(33)37(36)28-13-5-8-16-32(28)39-34;1-2-10-25(11-3-1)38-30-15-7-4-12-26(30)27-19-18-23(20-31(27)38)24-21-34-36-35(22-24)40-33-17-9-6-14-29(33)37(36)28-13-5-8-16-32(28)39-34;1-3-8-20(9-4-1)22-14-16-26-24(18-22)31-25-19-23(21-10-5-2-6-11-21)15-17-27(25)33-29-13-7-12-28(32-26)30(29)31;1-3-8-20(9-4-1)22-14-16-24-28(18-22)32-26-12-7-13-27-30(26)31(24)25-17-15-23(19-29(25)33-27)21-10-5-2-6-11-21/h2*1-22H;2*1-19H. The second-order valence-electron chi connectivity index (χ2n) is 38.1. The van der Waals surface area contributed by atoms with Crippen LogP contribution in [-0.4, -0.2) is 36.0 Å². The van der Waals surface area contributed by atoms with Gasteiger partial charge in [0, 0.05) is 54.8 Å². The first-order valence-electron chi connectivity index (χ1n) is 49.7. The number of benzene rings is 22. The number of aromatic nitrogens is 2. The molecule has 10 nitrogen and oxygen atoms in total. The Kier molecular flexibility index (Phi) is 19.9. The first-order valence-corrected chi connectivity index (χ1v) is 49.7. The van der Waals surface area contributed by atoms with Crippen molar-refractivity contribution in [3.05, 3.63) is 497 Å². The molecule has 24 aromatic rings. The van der Waals surface area contributed by atoms with Crippen molar-refractivity contribution in [1.82, 2.24) is 9.13 Å². The van der Waals surface area contributed by atoms with Crippen LogP contribution in [0.3, 0.4) is 0 Å². The molecule has 0 N–H and O–H groups in total. The zero-order chi connectivity index (χ0) is 96.0. The molecule has 14 heteroatoms. The summed E-state index contributed by atoms with van der Waals surface area (Å²) >= 11 is 0. The molecular weight excluding hydrogens is 1780 g/mol. The van der Waals surface area contributed by atoms with Crippen LogP contribution in [0.2, 0.25) is 0 Å². The molecule has 0 saturated carbocycles. The highest BCUT2D eigenvalue weighted by Gasteiger charge is 2.46. The second-order valence-corrected chi connectivity index (χ2v) is 38.1. The molecule has 2 aromatic heterocycles. The number of para-hydroxylation sites is 8. The SMILES string of the molecule is c1ccc(-c2ccc3c(c2)B2c4cc(-c5ccccc5)ccc4Oc4cccc(c42)O3)cc1.c1ccc(-c2ccc3c(c2)Oc2cccc4c2B3c2ccc(-c3ccccc3)cc2O4)cc1.c1ccc(-n2c3ccccc3c3cc(-c4cc5c6c(c4)Oc4ccccc4B6c4ccccc4O5)ccc32)cc1.c1ccc(-n2c3ccccc3c3ccc(-c4cc5c6c(c4)Oc4ccccc4B6c4ccccc4O5)cc32)cc1. The largest absolute Gasteiger partial charge is 0.458 e. The Hall–Kier alpha value is -18.9. The minimum absolute atomic E-state index is 0.0519. The van der Waals surface area contributed by atoms with Gasteiger partial charge < -0.3 is 47.0 Å². The molecule has 0 fully saturated rings. The van der Waals surface area contributed by atoms with Crippen molar-refractivity contribution < 1.29 is 37.9 Å². The number of rotatable bonds is 8. The molecule has 680 valence electrons. The van der Waals surface area contributed by atoms with Crippen LogP contribution in [0, 0.1) is 0 Å². The van der Waals surface area contributed by atoms with Crippen molar-refractivity contribution in [3.8, 4) is 170 Å². The minimum Gasteiger partial charge on any atom is -0.458 e. The third-order valence-electron chi connectivity index (χ3n) is 29.9. The van der Waals surface area contributed by atoms with Gasteiger partial charge in [0.25, 0.3) is 26.9 Å². The number of hydrogen-bond acceptors (Lipinski definition) is 8. The van der Waals surface area contributed by atoms with Crippen molar-refractivity contribution >= 4 is 136 Å². The highest BCUT2D eigenvalue weighted by atomic mass is 16.5. The lowest BCUT2D eigenvalue weighted by Crippen LogP contribution is -2.57. The summed E-state index contributed by atoms with van der Waals surface area (Å²) in [4.78, 5) is 0. The monoisotopic (exact) mass is 1870 g/mol. The zero-order valence-corrected chi connectivity index (χ0v) is 78.8. The molecule has 10 heterocycles. The maximum absolute atomic E-state index is 6.54. The van der Waals surface area contributed by atoms with E-state index in [-0.39, 0.29) is 26.9 Å². The van der Waals surface area contributed by atoms with Crippen LogP contribution in [0.1, 0.15) is 0 Å². The fourth-order valence-corrected chi connectivity index (χ4v) is 23.2. The number of ether oxygens (including phenoxy) is 8. The molecule has 0 bridgehead atoms. The Bertz CT molecular complexity index is 9060. The van der Waals surface area contributed by atoms with E-state index in [2.05, 4.69) is 422 Å². The molecule has 0 radical (unpaired) electrons. The lowest BCUT2D eigenvalue weighted by molar-refractivity contribution is 0.464. The van der Waals surface area contributed by atoms with Crippen LogP contribution in [0.5, 0.6) is 92.0 Å². The molecule has 0 spiro atoms. The van der Waals surface area contributed by atoms with Crippen molar-refractivity contribution in [2.24, 2.45) is 0 Å². The zero-order valence-electron chi connectivity index (χ0n) is 78.8. The van der Waals surface area contributed by atoms with Crippen molar-refractivity contribution in [2.45, 2.75) is 0 Å². The molecule has 0 atom stereocenters. The summed E-state index contributed by atoms with van der Waals surface area (Å²) in [6.45, 7) is 0.298. The van der Waals surface area contributed by atoms with Crippen LogP contribution in [0.15, 0.2) is 497 Å². The van der Waals surface area contributed by atoms with E-state index in [1.807, 2.05) is 84.9 Å². The predicted molar refractivity (Wildman–Crippen MR) is 598 cm³/mol. The van der Waals surface area contributed by atoms with Gasteiger partial charge in [-0.25, -0.2) is 0 Å². The lowest BCUT2D eigenvalue weighted by Gasteiger charge is -2.33. The van der Waals surface area contributed by atoms with Gasteiger partial charge in [0.05, 0.1) is 22.1 Å². The molecule has 22 aromatic carbocycles. The van der Waals surface area contributed by atoms with Gasteiger partial charge >= 0.3 is 0 Å². The maximum atomic E-state index is 6.54. The van der Waals surface area contributed by atoms with Crippen LogP contribution in [0.4, 0.5) is 0 Å². The van der Waals surface area contributed by atoms with Crippen LogP contribution < -0.4 is 103 Å². The van der Waals surface area contributed by atoms with Crippen LogP contribution >= 0.6 is 0 Å². The molecular formula is C132H82B4N2O8. The molecule has 8 aliphatic rings. The van der Waals surface area contributed by atoms with Crippen LogP contribution in [-0.2, 0) is 0 Å². The average molecular weight is 1870 g/mol. The van der Waals surface area contributed by atoms with E-state index in [1.165, 1.54) is 121 Å². The highest BCUT2D eigenvalue weighted by Crippen LogP contribution is 2.47. The molecule has 0 amide bonds. The maximum Gasteiger partial charge on any atom is 0.260 e. The molecule has 0 unspecified atom stereocenters. The summed E-state index contributed by atoms with van der Waals surface area (Å²) in [5, 5.41) is 4.94. The Labute approximate surface area is 844 Å². The van der Waals surface area contributed by atoms with Crippen LogP contribution in [0.25, 0.3) is 122 Å². The number of nitrogens with zero attached hydrogens (tertiary/aromatic N) is 2. The van der Waals surface area contributed by atoms with Gasteiger partial charge in [0.2, 0.25) is 0 Å². The summed E-state index contributed by atoms with van der Waals surface area (Å²) < 4.78 is 56.4. The first-order chi connectivity index (χ1) is 72.4. The van der Waals surface area contributed by atoms with Gasteiger partial charge in [0.15, 0.2) is 0 Å². The van der Waals surface area contributed by atoms with E-state index in [1.54, 1.807) is 0 Å². The number of hydrogen-bond donors (Lipinski definition) is 0. The van der Waals surface area contributed by atoms with Gasteiger partial charge in [-0.1, -0.05) is 346 Å². The quantitative estimate of drug-likeness (QED) is 0.139. The Balaban J connectivity index is 0.0000000926. The van der Waals surface area contributed by atoms with Crippen molar-refractivity contribution in [2.75, 3.05) is 0 Å². The Morgan fingerprint density at radius 1 is 0.123 bits per heavy atom. The van der Waals surface area contributed by atoms with E-state index in [0.29, 0.717) is 0 Å². The predicted octanol–water partition coefficient (Wildman–Crippen LogP) is 25.9. The Morgan fingerprint density at radius 2 is 0.370 bits per heavy atom. The highest BCUT2D eigenvalue weighted by molar-refractivity contribution is 7.00. The van der Waals surface area contributed by atoms with E-state index in [4.69, 9.17) is 37.9 Å². The van der Waals surface area contributed by atoms with Gasteiger partial charge in [-0.3, -0.25) is 0 Å². The third kappa shape index (κ3) is 14.1. The topological polar surface area (TPSA) is 83.7 Å². The molecule has 32 rings (SSSR count). The summed E-state index contributed by atoms with van der Waals surface area (Å²) in [6.07, 6.45) is 0. The normalized spacial score (nSPS) is 12.8. The van der Waals surface area contributed by atoms with E-state index >= 15 is 0 Å². The van der Waals surface area contributed by atoms with E-state index in [0.717, 1.165) is 159 Å².